The smallest absolute Gasteiger partial charge is 0.240 e. The van der Waals surface area contributed by atoms with Gasteiger partial charge in [0.05, 0.1) is 11.2 Å². The summed E-state index contributed by atoms with van der Waals surface area (Å²) in [6.07, 6.45) is 6.02. The molecule has 0 spiro atoms. The van der Waals surface area contributed by atoms with E-state index in [0.717, 1.165) is 24.9 Å². The molecule has 0 radical (unpaired) electrons. The molecule has 0 unspecified atom stereocenters. The van der Waals surface area contributed by atoms with Crippen LogP contribution >= 0.6 is 0 Å². The van der Waals surface area contributed by atoms with Crippen LogP contribution in [-0.4, -0.2) is 46.1 Å². The Labute approximate surface area is 133 Å². The topological polar surface area (TPSA) is 58.6 Å². The summed E-state index contributed by atoms with van der Waals surface area (Å²) < 4.78 is 32.5. The number of sulfonamides is 1. The van der Waals surface area contributed by atoms with Crippen LogP contribution in [0.1, 0.15) is 18.4 Å². The van der Waals surface area contributed by atoms with Gasteiger partial charge in [0.15, 0.2) is 0 Å². The largest absolute Gasteiger partial charge is 0.497 e. The van der Waals surface area contributed by atoms with Gasteiger partial charge in [-0.05, 0) is 45.0 Å². The van der Waals surface area contributed by atoms with Gasteiger partial charge in [-0.15, -0.1) is 0 Å². The summed E-state index contributed by atoms with van der Waals surface area (Å²) in [4.78, 5) is 2.39. The Hall–Kier alpha value is -1.37. The van der Waals surface area contributed by atoms with Crippen LogP contribution in [0.25, 0.3) is 0 Å². The van der Waals surface area contributed by atoms with Crippen LogP contribution in [0.4, 0.5) is 0 Å². The predicted octanol–water partition coefficient (Wildman–Crippen LogP) is 1.90. The molecule has 0 amide bonds. The van der Waals surface area contributed by atoms with Crippen LogP contribution in [0.15, 0.2) is 41.5 Å². The van der Waals surface area contributed by atoms with Crippen molar-refractivity contribution in [2.45, 2.75) is 30.8 Å². The molecule has 1 aromatic rings. The van der Waals surface area contributed by atoms with Crippen molar-refractivity contribution < 1.29 is 13.2 Å². The van der Waals surface area contributed by atoms with Crippen LogP contribution in [-0.2, 0) is 14.8 Å². The number of benzene rings is 1. The van der Waals surface area contributed by atoms with E-state index < -0.39 is 10.0 Å². The standard InChI is InChI=1S/C16H24N2O3S/c1-14-6-8-16(9-7-14)22(19,20)17-10-11-18(2)13-15-5-3-4-12-21-15/h4,6-9,12,15,17H,3,5,10-11,13H2,1-2H3/t15-/m1/s1. The van der Waals surface area contributed by atoms with Crippen molar-refractivity contribution in [1.82, 2.24) is 9.62 Å². The number of hydrogen-bond acceptors (Lipinski definition) is 4. The average molecular weight is 324 g/mol. The summed E-state index contributed by atoms with van der Waals surface area (Å²) in [7, 11) is -1.45. The fraction of sp³-hybridized carbons (Fsp3) is 0.500. The molecule has 0 saturated heterocycles. The van der Waals surface area contributed by atoms with Gasteiger partial charge in [0, 0.05) is 19.6 Å². The van der Waals surface area contributed by atoms with Crippen molar-refractivity contribution in [3.05, 3.63) is 42.2 Å². The molecule has 0 saturated carbocycles. The van der Waals surface area contributed by atoms with Gasteiger partial charge in [-0.1, -0.05) is 17.7 Å². The second kappa shape index (κ2) is 7.76. The molecule has 5 nitrogen and oxygen atoms in total. The third-order valence-electron chi connectivity index (χ3n) is 3.65. The third kappa shape index (κ3) is 5.12. The maximum absolute atomic E-state index is 12.2. The lowest BCUT2D eigenvalue weighted by Crippen LogP contribution is -2.37. The molecule has 122 valence electrons. The van der Waals surface area contributed by atoms with Crippen molar-refractivity contribution in [1.29, 1.82) is 0 Å². The molecule has 0 aromatic heterocycles. The second-order valence-corrected chi connectivity index (χ2v) is 7.45. The quantitative estimate of drug-likeness (QED) is 0.832. The van der Waals surface area contributed by atoms with Crippen molar-refractivity contribution in [3.8, 4) is 0 Å². The van der Waals surface area contributed by atoms with Gasteiger partial charge in [0.1, 0.15) is 6.10 Å². The van der Waals surface area contributed by atoms with Crippen LogP contribution in [0.3, 0.4) is 0 Å². The minimum absolute atomic E-state index is 0.198. The summed E-state index contributed by atoms with van der Waals surface area (Å²) >= 11 is 0. The summed E-state index contributed by atoms with van der Waals surface area (Å²) in [5, 5.41) is 0. The van der Waals surface area contributed by atoms with Crippen molar-refractivity contribution in [2.24, 2.45) is 0 Å². The molecule has 0 aliphatic carbocycles. The predicted molar refractivity (Wildman–Crippen MR) is 87.1 cm³/mol. The van der Waals surface area contributed by atoms with E-state index in [9.17, 15) is 8.42 Å². The first-order valence-electron chi connectivity index (χ1n) is 7.53. The normalized spacial score (nSPS) is 18.4. The molecule has 1 aromatic carbocycles. The highest BCUT2D eigenvalue weighted by molar-refractivity contribution is 7.89. The molecule has 1 heterocycles. The molecule has 6 heteroatoms. The molecule has 1 atom stereocenters. The Morgan fingerprint density at radius 1 is 1.32 bits per heavy atom. The first-order valence-corrected chi connectivity index (χ1v) is 9.01. The first-order chi connectivity index (χ1) is 10.5. The van der Waals surface area contributed by atoms with E-state index in [1.165, 1.54) is 0 Å². The van der Waals surface area contributed by atoms with Gasteiger partial charge in [0.25, 0.3) is 0 Å². The fourth-order valence-corrected chi connectivity index (χ4v) is 3.35. The second-order valence-electron chi connectivity index (χ2n) is 5.68. The number of nitrogens with one attached hydrogen (secondary N) is 1. The van der Waals surface area contributed by atoms with Gasteiger partial charge in [-0.3, -0.25) is 0 Å². The number of likely N-dealkylation sites (N-methyl/N-ethyl adjacent to an activating group) is 1. The highest BCUT2D eigenvalue weighted by Crippen LogP contribution is 2.11. The van der Waals surface area contributed by atoms with Crippen LogP contribution in [0.2, 0.25) is 0 Å². The fourth-order valence-electron chi connectivity index (χ4n) is 2.33. The molecular formula is C16H24N2O3S. The van der Waals surface area contributed by atoms with E-state index in [0.29, 0.717) is 18.0 Å². The Kier molecular flexibility index (Phi) is 5.99. The van der Waals surface area contributed by atoms with Gasteiger partial charge >= 0.3 is 0 Å². The Bertz CT molecular complexity index is 596. The lowest BCUT2D eigenvalue weighted by atomic mass is 10.1. The zero-order valence-corrected chi connectivity index (χ0v) is 14.0. The van der Waals surface area contributed by atoms with E-state index >= 15 is 0 Å². The SMILES string of the molecule is Cc1ccc(S(=O)(=O)NCCN(C)C[C@H]2CCC=CO2)cc1. The molecule has 22 heavy (non-hydrogen) atoms. The van der Waals surface area contributed by atoms with E-state index in [4.69, 9.17) is 4.74 Å². The van der Waals surface area contributed by atoms with E-state index in [1.807, 2.05) is 20.0 Å². The zero-order valence-electron chi connectivity index (χ0n) is 13.2. The lowest BCUT2D eigenvalue weighted by Gasteiger charge is -2.25. The zero-order chi connectivity index (χ0) is 16.0. The number of nitrogens with zero attached hydrogens (tertiary/aromatic N) is 1. The summed E-state index contributed by atoms with van der Waals surface area (Å²) in [6.45, 7) is 3.77. The van der Waals surface area contributed by atoms with Crippen molar-refractivity contribution >= 4 is 10.0 Å². The minimum atomic E-state index is -3.42. The number of rotatable bonds is 7. The minimum Gasteiger partial charge on any atom is -0.497 e. The van der Waals surface area contributed by atoms with Gasteiger partial charge in [-0.25, -0.2) is 13.1 Å². The highest BCUT2D eigenvalue weighted by Gasteiger charge is 2.16. The maximum Gasteiger partial charge on any atom is 0.240 e. The molecule has 0 bridgehead atoms. The van der Waals surface area contributed by atoms with Gasteiger partial charge in [-0.2, -0.15) is 0 Å². The summed E-state index contributed by atoms with van der Waals surface area (Å²) in [6, 6.07) is 6.86. The Morgan fingerprint density at radius 3 is 2.68 bits per heavy atom. The van der Waals surface area contributed by atoms with Gasteiger partial charge in [0.2, 0.25) is 10.0 Å². The van der Waals surface area contributed by atoms with E-state index in [-0.39, 0.29) is 6.10 Å². The highest BCUT2D eigenvalue weighted by atomic mass is 32.2. The molecule has 2 rings (SSSR count). The monoisotopic (exact) mass is 324 g/mol. The first kappa shape index (κ1) is 17.0. The lowest BCUT2D eigenvalue weighted by molar-refractivity contribution is 0.0889. The molecule has 1 aliphatic heterocycles. The Balaban J connectivity index is 1.77. The van der Waals surface area contributed by atoms with Crippen molar-refractivity contribution in [3.63, 3.8) is 0 Å². The number of allylic oxidation sites excluding steroid dienone is 1. The number of hydrogen-bond donors (Lipinski definition) is 1. The van der Waals surface area contributed by atoms with Crippen LogP contribution in [0, 0.1) is 6.92 Å². The average Bonchev–Trinajstić information content (AvgIpc) is 2.48. The molecule has 1 aliphatic rings. The van der Waals surface area contributed by atoms with Gasteiger partial charge < -0.3 is 9.64 Å². The summed E-state index contributed by atoms with van der Waals surface area (Å²) in [5.41, 5.74) is 1.04. The summed E-state index contributed by atoms with van der Waals surface area (Å²) in [5.74, 6) is 0. The number of aryl methyl sites for hydroxylation is 1. The van der Waals surface area contributed by atoms with Crippen LogP contribution < -0.4 is 4.72 Å². The maximum atomic E-state index is 12.2. The van der Waals surface area contributed by atoms with E-state index in [2.05, 4.69) is 9.62 Å². The third-order valence-corrected chi connectivity index (χ3v) is 5.13. The number of ether oxygens (including phenoxy) is 1. The molecule has 0 fully saturated rings. The van der Waals surface area contributed by atoms with Crippen LogP contribution in [0.5, 0.6) is 0 Å². The van der Waals surface area contributed by atoms with Crippen molar-refractivity contribution in [2.75, 3.05) is 26.7 Å². The molecule has 1 N–H and O–H groups in total. The van der Waals surface area contributed by atoms with E-state index in [1.54, 1.807) is 30.5 Å². The molecular weight excluding hydrogens is 300 g/mol. The Morgan fingerprint density at radius 2 is 2.05 bits per heavy atom.